The lowest BCUT2D eigenvalue weighted by Gasteiger charge is -2.41. The van der Waals surface area contributed by atoms with Crippen LogP contribution in [0.3, 0.4) is 0 Å². The van der Waals surface area contributed by atoms with Gasteiger partial charge < -0.3 is 4.90 Å². The van der Waals surface area contributed by atoms with Gasteiger partial charge in [0.05, 0.1) is 5.54 Å². The van der Waals surface area contributed by atoms with Gasteiger partial charge in [-0.15, -0.1) is 0 Å². The molecule has 5 aromatic rings. The van der Waals surface area contributed by atoms with Gasteiger partial charge in [-0.2, -0.15) is 0 Å². The van der Waals surface area contributed by atoms with Gasteiger partial charge in [0.1, 0.15) is 0 Å². The van der Waals surface area contributed by atoms with E-state index in [4.69, 9.17) is 0 Å². The number of allylic oxidation sites excluding steroid dienone is 17. The van der Waals surface area contributed by atoms with Crippen LogP contribution >= 0.6 is 0 Å². The van der Waals surface area contributed by atoms with E-state index in [1.807, 2.05) is 27.7 Å². The molecule has 0 saturated heterocycles. The Labute approximate surface area is 459 Å². The maximum absolute atomic E-state index is 2.45. The standard InChI is InChI=1S/C40H45N.C30H42.2C2H6/c1-9-30-24-25-31-20-14-16-22-33(31)36(30)38(3,4)29(2)19-13-11-10-12-18-28-40(7)39(5,6)37-34-23-17-15-21-32(34)26-27-35(37)41(40)8;1-23-17-12-14-20-26(23)29(6,7)25(3)19-11-10-16-22-28(4,5)30(8,9)27-21-15-13-18-24(27)2;2*1-2/h10-28H,9H2,1-8H3;10-13,15-19,21-22H,14,20H2,1-9H3;2*1-2H3/b12-10+,13-11+,28-18+,29-19-;11-10+,22-16+,25-19-;;. The fourth-order valence-corrected chi connectivity index (χ4v) is 11.3. The van der Waals surface area contributed by atoms with E-state index in [9.17, 15) is 0 Å². The summed E-state index contributed by atoms with van der Waals surface area (Å²) >= 11 is 0. The Morgan fingerprint density at radius 1 is 0.600 bits per heavy atom. The van der Waals surface area contributed by atoms with Crippen LogP contribution < -0.4 is 4.90 Å². The topological polar surface area (TPSA) is 3.24 Å². The summed E-state index contributed by atoms with van der Waals surface area (Å²) in [6.45, 7) is 45.1. The zero-order chi connectivity index (χ0) is 56.0. The normalized spacial score (nSPS) is 17.5. The number of rotatable bonds is 14. The van der Waals surface area contributed by atoms with Crippen LogP contribution in [-0.2, 0) is 22.7 Å². The van der Waals surface area contributed by atoms with Gasteiger partial charge in [0.2, 0.25) is 0 Å². The third-order valence-corrected chi connectivity index (χ3v) is 17.7. The van der Waals surface area contributed by atoms with Crippen molar-refractivity contribution in [1.29, 1.82) is 0 Å². The second kappa shape index (κ2) is 26.2. The van der Waals surface area contributed by atoms with E-state index in [1.165, 1.54) is 78.2 Å². The average Bonchev–Trinajstić information content (AvgIpc) is 3.55. The third kappa shape index (κ3) is 13.2. The average molecular weight is 1000 g/mol. The van der Waals surface area contributed by atoms with E-state index in [0.29, 0.717) is 0 Å². The van der Waals surface area contributed by atoms with Crippen LogP contribution in [0.1, 0.15) is 172 Å². The zero-order valence-corrected chi connectivity index (χ0v) is 50.9. The van der Waals surface area contributed by atoms with Crippen molar-refractivity contribution in [1.82, 2.24) is 0 Å². The molecular formula is C74H99N. The Balaban J connectivity index is 0.000000318. The summed E-state index contributed by atoms with van der Waals surface area (Å²) in [5.41, 5.74) is 14.2. The van der Waals surface area contributed by atoms with Crippen LogP contribution in [0.25, 0.3) is 21.5 Å². The van der Waals surface area contributed by atoms with Crippen LogP contribution in [-0.4, -0.2) is 12.6 Å². The monoisotopic (exact) mass is 1000 g/mol. The molecule has 0 spiro atoms. The molecule has 1 aliphatic heterocycles. The van der Waals surface area contributed by atoms with Crippen LogP contribution in [0.15, 0.2) is 204 Å². The largest absolute Gasteiger partial charge is 0.365 e. The molecule has 1 heteroatoms. The highest BCUT2D eigenvalue weighted by Crippen LogP contribution is 2.54. The van der Waals surface area contributed by atoms with E-state index in [1.54, 1.807) is 5.57 Å². The number of fused-ring (bicyclic) bond motifs is 4. The molecule has 5 aromatic carbocycles. The Morgan fingerprint density at radius 2 is 1.12 bits per heavy atom. The van der Waals surface area contributed by atoms with Crippen molar-refractivity contribution >= 4 is 27.2 Å². The second-order valence-corrected chi connectivity index (χ2v) is 23.3. The first-order valence-corrected chi connectivity index (χ1v) is 28.4. The molecule has 0 amide bonds. The Hall–Kier alpha value is -5.92. The van der Waals surface area contributed by atoms with Crippen molar-refractivity contribution in [2.24, 2.45) is 10.8 Å². The summed E-state index contributed by atoms with van der Waals surface area (Å²) in [5.74, 6) is 0. The molecule has 1 atom stereocenters. The molecule has 0 radical (unpaired) electrons. The minimum Gasteiger partial charge on any atom is -0.365 e. The van der Waals surface area contributed by atoms with Gasteiger partial charge in [-0.25, -0.2) is 0 Å². The summed E-state index contributed by atoms with van der Waals surface area (Å²) in [4.78, 5) is 2.45. The number of benzene rings is 5. The van der Waals surface area contributed by atoms with Crippen LogP contribution in [0, 0.1) is 17.8 Å². The number of nitrogens with zero attached hydrogens (tertiary/aromatic N) is 1. The third-order valence-electron chi connectivity index (χ3n) is 17.7. The summed E-state index contributed by atoms with van der Waals surface area (Å²) in [6.07, 6.45) is 34.6. The van der Waals surface area contributed by atoms with Gasteiger partial charge in [0.15, 0.2) is 0 Å². The first-order chi connectivity index (χ1) is 35.4. The van der Waals surface area contributed by atoms with E-state index in [-0.39, 0.29) is 32.6 Å². The summed E-state index contributed by atoms with van der Waals surface area (Å²) < 4.78 is 0. The molecule has 2 aliphatic rings. The van der Waals surface area contributed by atoms with Crippen LogP contribution in [0.2, 0.25) is 0 Å². The van der Waals surface area contributed by atoms with Gasteiger partial charge in [-0.05, 0) is 120 Å². The maximum atomic E-state index is 2.45. The predicted octanol–water partition coefficient (Wildman–Crippen LogP) is 21.7. The summed E-state index contributed by atoms with van der Waals surface area (Å²) in [6, 6.07) is 35.4. The molecule has 7 rings (SSSR count). The highest BCUT2D eigenvalue weighted by Gasteiger charge is 2.51. The van der Waals surface area contributed by atoms with E-state index in [0.717, 1.165) is 12.8 Å². The quantitative estimate of drug-likeness (QED) is 0.100. The van der Waals surface area contributed by atoms with Gasteiger partial charge >= 0.3 is 0 Å². The second-order valence-electron chi connectivity index (χ2n) is 23.3. The lowest BCUT2D eigenvalue weighted by molar-refractivity contribution is 0.266. The minimum absolute atomic E-state index is 0.0392. The first-order valence-electron chi connectivity index (χ1n) is 28.4. The van der Waals surface area contributed by atoms with Gasteiger partial charge in [0.25, 0.3) is 0 Å². The molecule has 0 N–H and O–H groups in total. The number of hydrogen-bond acceptors (Lipinski definition) is 1. The molecule has 0 bridgehead atoms. The zero-order valence-electron chi connectivity index (χ0n) is 50.9. The van der Waals surface area contributed by atoms with Gasteiger partial charge in [0, 0.05) is 29.0 Å². The van der Waals surface area contributed by atoms with Crippen molar-refractivity contribution < 1.29 is 0 Å². The van der Waals surface area contributed by atoms with Crippen molar-refractivity contribution in [2.45, 2.75) is 180 Å². The van der Waals surface area contributed by atoms with Gasteiger partial charge in [-0.3, -0.25) is 0 Å². The molecule has 1 aliphatic carbocycles. The molecule has 1 heterocycles. The van der Waals surface area contributed by atoms with Crippen molar-refractivity contribution in [2.75, 3.05) is 11.9 Å². The molecule has 75 heavy (non-hydrogen) atoms. The van der Waals surface area contributed by atoms with Crippen LogP contribution in [0.5, 0.6) is 0 Å². The number of aryl methyl sites for hydroxylation is 2. The lowest BCUT2D eigenvalue weighted by Crippen LogP contribution is -2.50. The van der Waals surface area contributed by atoms with Gasteiger partial charge in [-0.1, -0.05) is 302 Å². The van der Waals surface area contributed by atoms with Crippen molar-refractivity contribution in [3.8, 4) is 0 Å². The Bertz CT molecular complexity index is 2990. The lowest BCUT2D eigenvalue weighted by atomic mass is 9.63. The predicted molar refractivity (Wildman–Crippen MR) is 339 cm³/mol. The van der Waals surface area contributed by atoms with Crippen molar-refractivity contribution in [3.05, 3.63) is 232 Å². The molecule has 1 unspecified atom stereocenters. The fraction of sp³-hybridized carbons (Fsp3) is 0.405. The van der Waals surface area contributed by atoms with E-state index < -0.39 is 0 Å². The molecule has 0 fully saturated rings. The molecule has 0 saturated carbocycles. The van der Waals surface area contributed by atoms with Crippen molar-refractivity contribution in [3.63, 3.8) is 0 Å². The Morgan fingerprint density at radius 3 is 1.73 bits per heavy atom. The smallest absolute Gasteiger partial charge is 0.0648 e. The summed E-state index contributed by atoms with van der Waals surface area (Å²) in [5, 5.41) is 5.34. The maximum Gasteiger partial charge on any atom is 0.0648 e. The fourth-order valence-electron chi connectivity index (χ4n) is 11.3. The minimum atomic E-state index is -0.135. The molecular weight excluding hydrogens is 903 g/mol. The molecule has 1 nitrogen and oxygen atoms in total. The first kappa shape index (κ1) is 61.6. The van der Waals surface area contributed by atoms with E-state index >= 15 is 0 Å². The molecule has 0 aromatic heterocycles. The number of anilines is 1. The summed E-state index contributed by atoms with van der Waals surface area (Å²) in [7, 11) is 2.23. The molecule has 400 valence electrons. The SMILES string of the molecule is CC.CC.CC1=C(C(C)(C)\C(C)=C/C=C/C=C/C(C)(C)C(C)(C)c2ccccc2C)CCC=C1.CCc1ccc2ccccc2c1C(C)(C)\C(C)=C/C=C/C=C/C=C/C1(C)N(C)c2ccc3ccccc3c2C1(C)C. The highest BCUT2D eigenvalue weighted by molar-refractivity contribution is 5.94. The van der Waals surface area contributed by atoms with E-state index in [2.05, 4.69) is 305 Å². The highest BCUT2D eigenvalue weighted by atomic mass is 15.2. The van der Waals surface area contributed by atoms with Crippen LogP contribution in [0.4, 0.5) is 5.69 Å². The number of hydrogen-bond donors (Lipinski definition) is 0. The number of likely N-dealkylation sites (N-methyl/N-ethyl adjacent to an activating group) is 1. The Kier molecular flexibility index (Phi) is 21.5.